The first-order valence-electron chi connectivity index (χ1n) is 11.2. The number of benzene rings is 1. The van der Waals surface area contributed by atoms with Crippen LogP contribution in [-0.2, 0) is 14.8 Å². The summed E-state index contributed by atoms with van der Waals surface area (Å²) >= 11 is 12.9. The quantitative estimate of drug-likeness (QED) is 0.342. The Kier molecular flexibility index (Phi) is 8.63. The summed E-state index contributed by atoms with van der Waals surface area (Å²) in [4.78, 5) is 8.36. The summed E-state index contributed by atoms with van der Waals surface area (Å²) in [5.74, 6) is 1.02. The maximum absolute atomic E-state index is 13.6. The second-order valence-corrected chi connectivity index (χ2v) is 12.6. The molecule has 0 saturated carbocycles. The molecule has 0 radical (unpaired) electrons. The standard InChI is InChI=1S/C22H25Br2ClN6O5S/c1-11(20-26-8-14(25)9-27-20)12(2)37(32,33)30-22-29-28-21(13-5-6-36-10-13)31(22)17-18(34-3)15(23)7-16(24)19(17)35-4/h7-9,11-13H,5-6,10H2,1-4H3,(H,29,30)/t11-,12-,13+/m0/s1. The number of nitrogens with zero attached hydrogens (tertiary/aromatic N) is 5. The molecule has 0 aliphatic carbocycles. The van der Waals surface area contributed by atoms with Gasteiger partial charge in [-0.2, -0.15) is 0 Å². The van der Waals surface area contributed by atoms with Gasteiger partial charge < -0.3 is 14.2 Å². The van der Waals surface area contributed by atoms with E-state index >= 15 is 0 Å². The van der Waals surface area contributed by atoms with Crippen LogP contribution in [0.2, 0.25) is 5.02 Å². The zero-order valence-corrected chi connectivity index (χ0v) is 25.1. The van der Waals surface area contributed by atoms with E-state index in [-0.39, 0.29) is 11.9 Å². The van der Waals surface area contributed by atoms with Crippen molar-refractivity contribution < 1.29 is 22.6 Å². The van der Waals surface area contributed by atoms with Crippen LogP contribution in [0.4, 0.5) is 5.95 Å². The summed E-state index contributed by atoms with van der Waals surface area (Å²) in [6, 6.07) is 1.78. The number of sulfonamides is 1. The molecule has 0 amide bonds. The number of anilines is 1. The van der Waals surface area contributed by atoms with E-state index in [2.05, 4.69) is 56.7 Å². The Hall–Kier alpha value is -2.00. The van der Waals surface area contributed by atoms with Gasteiger partial charge in [0.05, 0.1) is 40.0 Å². The first-order valence-corrected chi connectivity index (χ1v) is 14.7. The topological polar surface area (TPSA) is 130 Å². The number of nitrogens with one attached hydrogen (secondary N) is 1. The lowest BCUT2D eigenvalue weighted by molar-refractivity contribution is 0.193. The Balaban J connectivity index is 1.82. The van der Waals surface area contributed by atoms with Gasteiger partial charge in [-0.25, -0.2) is 18.4 Å². The molecule has 1 fully saturated rings. The average molecular weight is 681 g/mol. The molecular weight excluding hydrogens is 656 g/mol. The monoisotopic (exact) mass is 678 g/mol. The summed E-state index contributed by atoms with van der Waals surface area (Å²) in [7, 11) is -0.967. The molecule has 2 aromatic heterocycles. The average Bonchev–Trinajstić information content (AvgIpc) is 3.53. The maximum atomic E-state index is 13.6. The zero-order valence-electron chi connectivity index (χ0n) is 20.4. The third-order valence-electron chi connectivity index (χ3n) is 6.21. The van der Waals surface area contributed by atoms with Crippen LogP contribution >= 0.6 is 43.5 Å². The van der Waals surface area contributed by atoms with Gasteiger partial charge in [-0.15, -0.1) is 10.2 Å². The molecule has 37 heavy (non-hydrogen) atoms. The first kappa shape index (κ1) is 28.0. The molecule has 1 N–H and O–H groups in total. The van der Waals surface area contributed by atoms with E-state index in [0.29, 0.717) is 62.4 Å². The largest absolute Gasteiger partial charge is 0.493 e. The van der Waals surface area contributed by atoms with Crippen LogP contribution in [0.3, 0.4) is 0 Å². The van der Waals surface area contributed by atoms with E-state index in [0.717, 1.165) is 0 Å². The molecule has 11 nitrogen and oxygen atoms in total. The van der Waals surface area contributed by atoms with Gasteiger partial charge in [0.25, 0.3) is 0 Å². The van der Waals surface area contributed by atoms with Crippen LogP contribution in [0.25, 0.3) is 5.69 Å². The van der Waals surface area contributed by atoms with Gasteiger partial charge >= 0.3 is 0 Å². The molecule has 1 saturated heterocycles. The maximum Gasteiger partial charge on any atom is 0.243 e. The molecule has 4 rings (SSSR count). The number of halogens is 3. The Morgan fingerprint density at radius 2 is 1.76 bits per heavy atom. The number of aromatic nitrogens is 5. The Morgan fingerprint density at radius 1 is 1.14 bits per heavy atom. The predicted molar refractivity (Wildman–Crippen MR) is 146 cm³/mol. The van der Waals surface area contributed by atoms with Crippen LogP contribution in [-0.4, -0.2) is 65.8 Å². The van der Waals surface area contributed by atoms with E-state index < -0.39 is 21.2 Å². The van der Waals surface area contributed by atoms with Gasteiger partial charge in [0.1, 0.15) is 17.3 Å². The van der Waals surface area contributed by atoms with Crippen LogP contribution in [0.5, 0.6) is 11.5 Å². The lowest BCUT2D eigenvalue weighted by atomic mass is 10.1. The van der Waals surface area contributed by atoms with Crippen molar-refractivity contribution in [3.63, 3.8) is 0 Å². The first-order chi connectivity index (χ1) is 17.6. The lowest BCUT2D eigenvalue weighted by Gasteiger charge is -2.23. The molecule has 3 aromatic rings. The summed E-state index contributed by atoms with van der Waals surface area (Å²) in [5.41, 5.74) is 0.428. The van der Waals surface area contributed by atoms with Gasteiger partial charge in [0, 0.05) is 30.8 Å². The van der Waals surface area contributed by atoms with Crippen molar-refractivity contribution in [2.75, 3.05) is 32.2 Å². The molecule has 1 aromatic carbocycles. The fourth-order valence-electron chi connectivity index (χ4n) is 4.00. The normalized spacial score (nSPS) is 17.4. The van der Waals surface area contributed by atoms with Gasteiger partial charge in [-0.05, 0) is 51.3 Å². The highest BCUT2D eigenvalue weighted by atomic mass is 79.9. The minimum absolute atomic E-state index is 0.0143. The third-order valence-corrected chi connectivity index (χ3v) is 9.43. The van der Waals surface area contributed by atoms with E-state index in [1.807, 2.05) is 0 Å². The molecule has 3 heterocycles. The third kappa shape index (κ3) is 5.58. The smallest absolute Gasteiger partial charge is 0.243 e. The van der Waals surface area contributed by atoms with E-state index in [1.165, 1.54) is 26.6 Å². The molecule has 0 spiro atoms. The van der Waals surface area contributed by atoms with Crippen molar-refractivity contribution in [3.05, 3.63) is 44.1 Å². The predicted octanol–water partition coefficient (Wildman–Crippen LogP) is 4.69. The van der Waals surface area contributed by atoms with Crippen molar-refractivity contribution in [3.8, 4) is 17.2 Å². The highest BCUT2D eigenvalue weighted by Gasteiger charge is 2.35. The molecule has 1 aliphatic heterocycles. The fraction of sp³-hybridized carbons (Fsp3) is 0.455. The zero-order chi connectivity index (χ0) is 26.9. The minimum atomic E-state index is -3.99. The second kappa shape index (κ2) is 11.4. The SMILES string of the molecule is COc1c(Br)cc(Br)c(OC)c1-n1c(NS(=O)(=O)[C@@H](C)[C@H](C)c2ncc(Cl)cn2)nnc1[C@@H]1CCOC1. The van der Waals surface area contributed by atoms with Crippen molar-refractivity contribution in [2.45, 2.75) is 37.4 Å². The molecule has 15 heteroatoms. The highest BCUT2D eigenvalue weighted by Crippen LogP contribution is 2.46. The van der Waals surface area contributed by atoms with Crippen molar-refractivity contribution in [1.82, 2.24) is 24.7 Å². The van der Waals surface area contributed by atoms with Gasteiger partial charge in [0.15, 0.2) is 11.5 Å². The Labute approximate surface area is 236 Å². The molecule has 0 unspecified atom stereocenters. The van der Waals surface area contributed by atoms with Crippen molar-refractivity contribution >= 4 is 59.4 Å². The second-order valence-electron chi connectivity index (χ2n) is 8.43. The van der Waals surface area contributed by atoms with Gasteiger partial charge in [-0.1, -0.05) is 18.5 Å². The molecular formula is C22H25Br2ClN6O5S. The van der Waals surface area contributed by atoms with Crippen LogP contribution < -0.4 is 14.2 Å². The number of hydrogen-bond donors (Lipinski definition) is 1. The van der Waals surface area contributed by atoms with Crippen molar-refractivity contribution in [2.24, 2.45) is 0 Å². The van der Waals surface area contributed by atoms with Crippen LogP contribution in [0.1, 0.15) is 43.8 Å². The van der Waals surface area contributed by atoms with Crippen LogP contribution in [0.15, 0.2) is 27.4 Å². The minimum Gasteiger partial charge on any atom is -0.493 e. The van der Waals surface area contributed by atoms with Gasteiger partial charge in [-0.3, -0.25) is 9.29 Å². The van der Waals surface area contributed by atoms with Crippen LogP contribution in [0, 0.1) is 0 Å². The molecule has 1 aliphatic rings. The molecule has 200 valence electrons. The van der Waals surface area contributed by atoms with E-state index in [4.69, 9.17) is 25.8 Å². The summed E-state index contributed by atoms with van der Waals surface area (Å²) < 4.78 is 49.6. The summed E-state index contributed by atoms with van der Waals surface area (Å²) in [5, 5.41) is 8.04. The summed E-state index contributed by atoms with van der Waals surface area (Å²) in [6.07, 6.45) is 3.57. The Morgan fingerprint density at radius 3 is 2.30 bits per heavy atom. The number of ether oxygens (including phenoxy) is 3. The number of hydrogen-bond acceptors (Lipinski definition) is 9. The molecule has 3 atom stereocenters. The van der Waals surface area contributed by atoms with E-state index in [1.54, 1.807) is 24.5 Å². The number of rotatable bonds is 9. The highest BCUT2D eigenvalue weighted by molar-refractivity contribution is 9.11. The number of methoxy groups -OCH3 is 2. The van der Waals surface area contributed by atoms with E-state index in [9.17, 15) is 8.42 Å². The fourth-order valence-corrected chi connectivity index (χ4v) is 6.80. The summed E-state index contributed by atoms with van der Waals surface area (Å²) in [6.45, 7) is 4.29. The molecule has 0 bridgehead atoms. The lowest BCUT2D eigenvalue weighted by Crippen LogP contribution is -2.31. The van der Waals surface area contributed by atoms with Crippen molar-refractivity contribution in [1.29, 1.82) is 0 Å². The Bertz CT molecular complexity index is 1350. The van der Waals surface area contributed by atoms with Gasteiger partial charge in [0.2, 0.25) is 16.0 Å².